The highest BCUT2D eigenvalue weighted by Gasteiger charge is 2.05. The van der Waals surface area contributed by atoms with E-state index in [-0.39, 0.29) is 5.97 Å². The predicted molar refractivity (Wildman–Crippen MR) is 75.2 cm³/mol. The third-order valence-electron chi connectivity index (χ3n) is 2.77. The van der Waals surface area contributed by atoms with Gasteiger partial charge in [-0.3, -0.25) is 0 Å². The Morgan fingerprint density at radius 2 is 1.89 bits per heavy atom. The van der Waals surface area contributed by atoms with E-state index >= 15 is 0 Å². The first-order valence-corrected chi connectivity index (χ1v) is 6.70. The molecular weight excluding hydrogens is 224 g/mol. The van der Waals surface area contributed by atoms with Crippen molar-refractivity contribution in [2.45, 2.75) is 39.5 Å². The molecule has 0 atom stereocenters. The number of esters is 1. The van der Waals surface area contributed by atoms with Crippen LogP contribution >= 0.6 is 0 Å². The zero-order chi connectivity index (χ0) is 13.2. The summed E-state index contributed by atoms with van der Waals surface area (Å²) in [7, 11) is 0. The molecule has 0 aliphatic carbocycles. The van der Waals surface area contributed by atoms with Gasteiger partial charge < -0.3 is 4.74 Å². The van der Waals surface area contributed by atoms with Crippen molar-refractivity contribution in [1.29, 1.82) is 0 Å². The van der Waals surface area contributed by atoms with Crippen LogP contribution in [-0.2, 0) is 9.53 Å². The van der Waals surface area contributed by atoms with E-state index in [0.29, 0.717) is 6.61 Å². The number of hydrogen-bond acceptors (Lipinski definition) is 2. The van der Waals surface area contributed by atoms with Gasteiger partial charge in [0.2, 0.25) is 0 Å². The minimum Gasteiger partial charge on any atom is -0.463 e. The van der Waals surface area contributed by atoms with Gasteiger partial charge in [-0.25, -0.2) is 4.79 Å². The number of benzene rings is 1. The van der Waals surface area contributed by atoms with E-state index in [1.165, 1.54) is 12.8 Å². The largest absolute Gasteiger partial charge is 0.463 e. The highest BCUT2D eigenvalue weighted by Crippen LogP contribution is 2.21. The monoisotopic (exact) mass is 246 g/mol. The summed E-state index contributed by atoms with van der Waals surface area (Å²) >= 11 is 0. The van der Waals surface area contributed by atoms with Crippen LogP contribution in [0.1, 0.15) is 45.1 Å². The Balaban J connectivity index is 2.78. The zero-order valence-electron chi connectivity index (χ0n) is 11.3. The maximum Gasteiger partial charge on any atom is 0.331 e. The Morgan fingerprint density at radius 1 is 1.17 bits per heavy atom. The Labute approximate surface area is 110 Å². The summed E-state index contributed by atoms with van der Waals surface area (Å²) in [6, 6.07) is 10.0. The van der Waals surface area contributed by atoms with Crippen LogP contribution in [0.25, 0.3) is 5.57 Å². The van der Waals surface area contributed by atoms with Crippen LogP contribution in [0.5, 0.6) is 0 Å². The van der Waals surface area contributed by atoms with E-state index in [2.05, 4.69) is 6.92 Å². The summed E-state index contributed by atoms with van der Waals surface area (Å²) in [6.45, 7) is 4.43. The van der Waals surface area contributed by atoms with Crippen LogP contribution in [0.3, 0.4) is 0 Å². The van der Waals surface area contributed by atoms with Crippen LogP contribution < -0.4 is 0 Å². The van der Waals surface area contributed by atoms with Crippen molar-refractivity contribution in [2.24, 2.45) is 0 Å². The third kappa shape index (κ3) is 5.17. The minimum absolute atomic E-state index is 0.243. The van der Waals surface area contributed by atoms with E-state index in [4.69, 9.17) is 4.74 Å². The second-order valence-corrected chi connectivity index (χ2v) is 4.24. The summed E-state index contributed by atoms with van der Waals surface area (Å²) in [5, 5.41) is 0. The molecule has 2 nitrogen and oxygen atoms in total. The third-order valence-corrected chi connectivity index (χ3v) is 2.77. The molecule has 0 fully saturated rings. The molecular formula is C16H22O2. The lowest BCUT2D eigenvalue weighted by molar-refractivity contribution is -0.137. The molecule has 1 rings (SSSR count). The lowest BCUT2D eigenvalue weighted by Crippen LogP contribution is -2.01. The minimum atomic E-state index is -0.243. The lowest BCUT2D eigenvalue weighted by Gasteiger charge is -2.07. The number of carbonyl (C=O) groups is 1. The van der Waals surface area contributed by atoms with Gasteiger partial charge in [0, 0.05) is 6.08 Å². The molecule has 0 bridgehead atoms. The average Bonchev–Trinajstić information content (AvgIpc) is 2.39. The molecule has 18 heavy (non-hydrogen) atoms. The normalized spacial score (nSPS) is 11.3. The van der Waals surface area contributed by atoms with Crippen LogP contribution in [0, 0.1) is 0 Å². The van der Waals surface area contributed by atoms with E-state index < -0.39 is 0 Å². The highest BCUT2D eigenvalue weighted by molar-refractivity contribution is 5.91. The average molecular weight is 246 g/mol. The molecule has 0 radical (unpaired) electrons. The van der Waals surface area contributed by atoms with E-state index in [9.17, 15) is 4.79 Å². The van der Waals surface area contributed by atoms with Crippen molar-refractivity contribution in [1.82, 2.24) is 0 Å². The number of ether oxygens (including phenoxy) is 1. The maximum atomic E-state index is 11.6. The fourth-order valence-electron chi connectivity index (χ4n) is 1.84. The Kier molecular flexibility index (Phi) is 6.85. The van der Waals surface area contributed by atoms with Crippen LogP contribution in [0.4, 0.5) is 0 Å². The Hall–Kier alpha value is -1.57. The van der Waals surface area contributed by atoms with Crippen LogP contribution in [-0.4, -0.2) is 12.6 Å². The van der Waals surface area contributed by atoms with Gasteiger partial charge in [0.25, 0.3) is 0 Å². The lowest BCUT2D eigenvalue weighted by atomic mass is 9.99. The number of carbonyl (C=O) groups excluding carboxylic acids is 1. The van der Waals surface area contributed by atoms with Crippen LogP contribution in [0.2, 0.25) is 0 Å². The number of allylic oxidation sites excluding steroid dienone is 1. The van der Waals surface area contributed by atoms with E-state index in [0.717, 1.165) is 24.0 Å². The van der Waals surface area contributed by atoms with Crippen molar-refractivity contribution in [3.05, 3.63) is 42.0 Å². The van der Waals surface area contributed by atoms with Gasteiger partial charge in [0.15, 0.2) is 0 Å². The number of unbranched alkanes of at least 4 members (excludes halogenated alkanes) is 2. The molecule has 0 saturated heterocycles. The predicted octanol–water partition coefficient (Wildman–Crippen LogP) is 4.21. The summed E-state index contributed by atoms with van der Waals surface area (Å²) in [5.41, 5.74) is 2.18. The maximum absolute atomic E-state index is 11.6. The topological polar surface area (TPSA) is 26.3 Å². The van der Waals surface area contributed by atoms with Crippen molar-refractivity contribution >= 4 is 11.5 Å². The van der Waals surface area contributed by atoms with Crippen molar-refractivity contribution in [3.63, 3.8) is 0 Å². The molecule has 0 amide bonds. The standard InChI is InChI=1S/C16H22O2/c1-3-5-7-12-15(13-16(17)18-4-2)14-10-8-6-9-11-14/h6,8-11,13H,3-5,7,12H2,1-2H3. The fourth-order valence-corrected chi connectivity index (χ4v) is 1.84. The van der Waals surface area contributed by atoms with Gasteiger partial charge in [-0.2, -0.15) is 0 Å². The second kappa shape index (κ2) is 8.51. The fraction of sp³-hybridized carbons (Fsp3) is 0.438. The molecule has 0 heterocycles. The van der Waals surface area contributed by atoms with Crippen LogP contribution in [0.15, 0.2) is 36.4 Å². The van der Waals surface area contributed by atoms with Crippen molar-refractivity contribution < 1.29 is 9.53 Å². The molecule has 0 saturated carbocycles. The Morgan fingerprint density at radius 3 is 2.50 bits per heavy atom. The number of rotatable bonds is 7. The van der Waals surface area contributed by atoms with E-state index in [1.807, 2.05) is 37.3 Å². The molecule has 0 unspecified atom stereocenters. The van der Waals surface area contributed by atoms with Gasteiger partial charge in [-0.15, -0.1) is 0 Å². The Bertz CT molecular complexity index is 379. The van der Waals surface area contributed by atoms with Crippen molar-refractivity contribution in [2.75, 3.05) is 6.61 Å². The smallest absolute Gasteiger partial charge is 0.331 e. The van der Waals surface area contributed by atoms with Gasteiger partial charge in [-0.1, -0.05) is 50.1 Å². The van der Waals surface area contributed by atoms with Gasteiger partial charge in [0.1, 0.15) is 0 Å². The quantitative estimate of drug-likeness (QED) is 0.409. The molecule has 2 heteroatoms. The molecule has 0 aliphatic heterocycles. The second-order valence-electron chi connectivity index (χ2n) is 4.24. The molecule has 1 aromatic rings. The van der Waals surface area contributed by atoms with E-state index in [1.54, 1.807) is 6.08 Å². The first-order valence-electron chi connectivity index (χ1n) is 6.70. The highest BCUT2D eigenvalue weighted by atomic mass is 16.5. The summed E-state index contributed by atoms with van der Waals surface area (Å²) in [4.78, 5) is 11.6. The zero-order valence-corrected chi connectivity index (χ0v) is 11.3. The SMILES string of the molecule is CCCCCC(=CC(=O)OCC)c1ccccc1. The molecule has 98 valence electrons. The van der Waals surface area contributed by atoms with Gasteiger partial charge in [0.05, 0.1) is 6.61 Å². The first kappa shape index (κ1) is 14.5. The van der Waals surface area contributed by atoms with Gasteiger partial charge >= 0.3 is 5.97 Å². The molecule has 0 aromatic heterocycles. The molecule has 0 aliphatic rings. The summed E-state index contributed by atoms with van der Waals surface area (Å²) in [5.74, 6) is -0.243. The molecule has 1 aromatic carbocycles. The van der Waals surface area contributed by atoms with Gasteiger partial charge in [-0.05, 0) is 30.9 Å². The number of hydrogen-bond donors (Lipinski definition) is 0. The summed E-state index contributed by atoms with van der Waals surface area (Å²) < 4.78 is 4.98. The van der Waals surface area contributed by atoms with Crippen molar-refractivity contribution in [3.8, 4) is 0 Å². The first-order chi connectivity index (χ1) is 8.77. The molecule has 0 N–H and O–H groups in total. The summed E-state index contributed by atoms with van der Waals surface area (Å²) in [6.07, 6.45) is 6.04. The molecule has 0 spiro atoms.